The normalized spacial score (nSPS) is 16.1. The van der Waals surface area contributed by atoms with Gasteiger partial charge < -0.3 is 4.90 Å². The number of halogens is 1. The van der Waals surface area contributed by atoms with Gasteiger partial charge in [0.25, 0.3) is 0 Å². The molecule has 0 aromatic heterocycles. The third-order valence-electron chi connectivity index (χ3n) is 4.44. The maximum Gasteiger partial charge on any atom is 0.208 e. The van der Waals surface area contributed by atoms with Gasteiger partial charge in [-0.3, -0.25) is 0 Å². The standard InChI is InChI=1S/C20H22ClNO2S/c1-16-5-11-19(12-6-16)25(23,24)20(15-22-13-3-2-4-14-22)17-7-9-18(21)10-8-17/h5-12,15H,2-4,13-14H2,1H3. The lowest BCUT2D eigenvalue weighted by atomic mass is 10.1. The Morgan fingerprint density at radius 1 is 0.960 bits per heavy atom. The molecule has 5 heteroatoms. The van der Waals surface area contributed by atoms with E-state index in [0.29, 0.717) is 20.4 Å². The zero-order chi connectivity index (χ0) is 17.9. The van der Waals surface area contributed by atoms with Crippen molar-refractivity contribution in [2.45, 2.75) is 31.1 Å². The molecule has 0 spiro atoms. The summed E-state index contributed by atoms with van der Waals surface area (Å²) in [7, 11) is -3.61. The number of likely N-dealkylation sites (tertiary alicyclic amines) is 1. The van der Waals surface area contributed by atoms with E-state index in [9.17, 15) is 8.42 Å². The molecule has 1 aliphatic rings. The van der Waals surface area contributed by atoms with Gasteiger partial charge in [0.15, 0.2) is 0 Å². The Hall–Kier alpha value is -1.78. The summed E-state index contributed by atoms with van der Waals surface area (Å²) in [5.41, 5.74) is 1.70. The van der Waals surface area contributed by atoms with Crippen LogP contribution in [0.25, 0.3) is 4.91 Å². The summed E-state index contributed by atoms with van der Waals surface area (Å²) in [6.07, 6.45) is 5.19. The van der Waals surface area contributed by atoms with E-state index in [4.69, 9.17) is 11.6 Å². The van der Waals surface area contributed by atoms with Crippen molar-refractivity contribution >= 4 is 26.3 Å². The van der Waals surface area contributed by atoms with E-state index in [1.807, 2.05) is 19.1 Å². The second kappa shape index (κ2) is 7.63. The Morgan fingerprint density at radius 2 is 1.56 bits per heavy atom. The van der Waals surface area contributed by atoms with Gasteiger partial charge in [0.1, 0.15) is 0 Å². The number of nitrogens with zero attached hydrogens (tertiary/aromatic N) is 1. The number of aryl methyl sites for hydroxylation is 1. The molecule has 0 unspecified atom stereocenters. The minimum Gasteiger partial charge on any atom is -0.376 e. The first-order valence-corrected chi connectivity index (χ1v) is 10.4. The highest BCUT2D eigenvalue weighted by Crippen LogP contribution is 2.30. The molecule has 2 aromatic rings. The summed E-state index contributed by atoms with van der Waals surface area (Å²) >= 11 is 5.98. The van der Waals surface area contributed by atoms with Crippen LogP contribution in [0.5, 0.6) is 0 Å². The topological polar surface area (TPSA) is 37.4 Å². The predicted octanol–water partition coefficient (Wildman–Crippen LogP) is 4.91. The number of piperidine rings is 1. The molecule has 1 aliphatic heterocycles. The first-order valence-electron chi connectivity index (χ1n) is 8.50. The Labute approximate surface area is 154 Å². The molecular weight excluding hydrogens is 354 g/mol. The second-order valence-electron chi connectivity index (χ2n) is 6.41. The van der Waals surface area contributed by atoms with Crippen LogP contribution in [0, 0.1) is 6.92 Å². The molecule has 0 amide bonds. The molecule has 0 atom stereocenters. The van der Waals surface area contributed by atoms with E-state index >= 15 is 0 Å². The van der Waals surface area contributed by atoms with Gasteiger partial charge in [0.2, 0.25) is 9.84 Å². The lowest BCUT2D eigenvalue weighted by Crippen LogP contribution is -2.25. The summed E-state index contributed by atoms with van der Waals surface area (Å²) in [6, 6.07) is 14.0. The molecule has 3 nitrogen and oxygen atoms in total. The fraction of sp³-hybridized carbons (Fsp3) is 0.300. The number of benzene rings is 2. The first kappa shape index (κ1) is 18.0. The average Bonchev–Trinajstić information content (AvgIpc) is 2.62. The second-order valence-corrected chi connectivity index (χ2v) is 8.77. The van der Waals surface area contributed by atoms with E-state index in [1.54, 1.807) is 42.6 Å². The molecule has 3 rings (SSSR count). The van der Waals surface area contributed by atoms with Crippen molar-refractivity contribution in [3.8, 4) is 0 Å². The van der Waals surface area contributed by atoms with Crippen molar-refractivity contribution in [1.29, 1.82) is 0 Å². The minimum absolute atomic E-state index is 0.316. The summed E-state index contributed by atoms with van der Waals surface area (Å²) in [4.78, 5) is 2.75. The molecule has 132 valence electrons. The summed E-state index contributed by atoms with van der Waals surface area (Å²) < 4.78 is 26.5. The molecule has 0 saturated carbocycles. The molecule has 1 saturated heterocycles. The van der Waals surface area contributed by atoms with Crippen LogP contribution in [0.4, 0.5) is 0 Å². The lowest BCUT2D eigenvalue weighted by Gasteiger charge is -2.26. The van der Waals surface area contributed by atoms with Crippen molar-refractivity contribution < 1.29 is 8.42 Å². The smallest absolute Gasteiger partial charge is 0.208 e. The molecule has 1 heterocycles. The SMILES string of the molecule is Cc1ccc(S(=O)(=O)C(=CN2CCCCC2)c2ccc(Cl)cc2)cc1. The third kappa shape index (κ3) is 4.25. The van der Waals surface area contributed by atoms with Crippen LogP contribution in [0.15, 0.2) is 59.6 Å². The van der Waals surface area contributed by atoms with Gasteiger partial charge in [0.05, 0.1) is 9.80 Å². The molecular formula is C20H22ClNO2S. The number of hydrogen-bond acceptors (Lipinski definition) is 3. The molecule has 1 fully saturated rings. The Morgan fingerprint density at radius 3 is 2.16 bits per heavy atom. The van der Waals surface area contributed by atoms with Crippen LogP contribution >= 0.6 is 11.6 Å². The monoisotopic (exact) mass is 375 g/mol. The van der Waals surface area contributed by atoms with Crippen LogP contribution in [-0.4, -0.2) is 26.4 Å². The predicted molar refractivity (Wildman–Crippen MR) is 103 cm³/mol. The summed E-state index contributed by atoms with van der Waals surface area (Å²) in [6.45, 7) is 3.72. The highest BCUT2D eigenvalue weighted by molar-refractivity contribution is 8.00. The fourth-order valence-electron chi connectivity index (χ4n) is 2.97. The van der Waals surface area contributed by atoms with Gasteiger partial charge in [-0.05, 0) is 56.0 Å². The van der Waals surface area contributed by atoms with Gasteiger partial charge in [-0.2, -0.15) is 0 Å². The van der Waals surface area contributed by atoms with Crippen LogP contribution in [-0.2, 0) is 9.84 Å². The van der Waals surface area contributed by atoms with Gasteiger partial charge in [0, 0.05) is 24.3 Å². The van der Waals surface area contributed by atoms with E-state index in [1.165, 1.54) is 6.42 Å². The first-order chi connectivity index (χ1) is 12.0. The third-order valence-corrected chi connectivity index (χ3v) is 6.50. The van der Waals surface area contributed by atoms with Gasteiger partial charge in [-0.1, -0.05) is 41.4 Å². The molecule has 25 heavy (non-hydrogen) atoms. The van der Waals surface area contributed by atoms with E-state index in [-0.39, 0.29) is 0 Å². The van der Waals surface area contributed by atoms with Crippen molar-refractivity contribution in [2.24, 2.45) is 0 Å². The zero-order valence-corrected chi connectivity index (χ0v) is 15.9. The van der Waals surface area contributed by atoms with E-state index < -0.39 is 9.84 Å². The number of hydrogen-bond donors (Lipinski definition) is 0. The van der Waals surface area contributed by atoms with Gasteiger partial charge in [-0.15, -0.1) is 0 Å². The van der Waals surface area contributed by atoms with Crippen LogP contribution in [0.2, 0.25) is 5.02 Å². The fourth-order valence-corrected chi connectivity index (χ4v) is 4.58. The number of sulfone groups is 1. The maximum absolute atomic E-state index is 13.3. The lowest BCUT2D eigenvalue weighted by molar-refractivity contribution is 0.311. The zero-order valence-electron chi connectivity index (χ0n) is 14.3. The Kier molecular flexibility index (Phi) is 5.50. The van der Waals surface area contributed by atoms with Crippen LogP contribution < -0.4 is 0 Å². The van der Waals surface area contributed by atoms with Crippen LogP contribution in [0.1, 0.15) is 30.4 Å². The van der Waals surface area contributed by atoms with Crippen molar-refractivity contribution in [3.05, 3.63) is 70.9 Å². The van der Waals surface area contributed by atoms with Gasteiger partial charge >= 0.3 is 0 Å². The molecule has 0 N–H and O–H groups in total. The van der Waals surface area contributed by atoms with Crippen molar-refractivity contribution in [2.75, 3.05) is 13.1 Å². The maximum atomic E-state index is 13.3. The van der Waals surface area contributed by atoms with Crippen molar-refractivity contribution in [1.82, 2.24) is 4.90 Å². The van der Waals surface area contributed by atoms with E-state index in [2.05, 4.69) is 4.90 Å². The van der Waals surface area contributed by atoms with Crippen molar-refractivity contribution in [3.63, 3.8) is 0 Å². The molecule has 0 radical (unpaired) electrons. The largest absolute Gasteiger partial charge is 0.376 e. The highest BCUT2D eigenvalue weighted by Gasteiger charge is 2.24. The van der Waals surface area contributed by atoms with E-state index in [0.717, 1.165) is 31.5 Å². The number of rotatable bonds is 4. The quantitative estimate of drug-likeness (QED) is 0.762. The summed E-state index contributed by atoms with van der Waals surface area (Å²) in [5.74, 6) is 0. The Bertz CT molecular complexity index is 850. The molecule has 0 bridgehead atoms. The Balaban J connectivity index is 2.07. The molecule has 2 aromatic carbocycles. The summed E-state index contributed by atoms with van der Waals surface area (Å²) in [5, 5.41) is 0.591. The minimum atomic E-state index is -3.61. The molecule has 0 aliphatic carbocycles. The van der Waals surface area contributed by atoms with Gasteiger partial charge in [-0.25, -0.2) is 8.42 Å². The average molecular weight is 376 g/mol. The highest BCUT2D eigenvalue weighted by atomic mass is 35.5. The van der Waals surface area contributed by atoms with Crippen LogP contribution in [0.3, 0.4) is 0 Å².